The number of hydrogen-bond donors (Lipinski definition) is 1. The van der Waals surface area contributed by atoms with Crippen molar-refractivity contribution in [3.8, 4) is 0 Å². The highest BCUT2D eigenvalue weighted by Crippen LogP contribution is 1.95. The molecule has 1 aromatic rings. The Hall–Kier alpha value is -1.16. The maximum absolute atomic E-state index is 4.95. The molecular weight excluding hydrogens is 166 g/mol. The molecule has 0 spiro atoms. The molecule has 4 nitrogen and oxygen atoms in total. The summed E-state index contributed by atoms with van der Waals surface area (Å²) in [5.74, 6) is 1.39. The van der Waals surface area contributed by atoms with Crippen LogP contribution in [-0.2, 0) is 6.42 Å². The van der Waals surface area contributed by atoms with Crippen LogP contribution in [0.3, 0.4) is 0 Å². The maximum atomic E-state index is 4.95. The fourth-order valence-corrected chi connectivity index (χ4v) is 0.966. The second-order valence-corrected chi connectivity index (χ2v) is 2.81. The summed E-state index contributed by atoms with van der Waals surface area (Å²) in [6, 6.07) is 0. The molecule has 0 aliphatic heterocycles. The van der Waals surface area contributed by atoms with Gasteiger partial charge in [-0.2, -0.15) is 4.98 Å². The molecule has 1 heterocycles. The summed E-state index contributed by atoms with van der Waals surface area (Å²) in [6.45, 7) is 7.28. The normalized spacial score (nSPS) is 10.2. The van der Waals surface area contributed by atoms with Crippen molar-refractivity contribution in [1.29, 1.82) is 0 Å². The zero-order valence-electron chi connectivity index (χ0n) is 7.92. The average Bonchev–Trinajstić information content (AvgIpc) is 2.51. The van der Waals surface area contributed by atoms with Crippen LogP contribution in [0.5, 0.6) is 0 Å². The van der Waals surface area contributed by atoms with E-state index in [2.05, 4.69) is 22.0 Å². The number of nitrogens with zero attached hydrogens (tertiary/aromatic N) is 2. The van der Waals surface area contributed by atoms with Crippen LogP contribution in [-0.4, -0.2) is 23.2 Å². The van der Waals surface area contributed by atoms with Crippen molar-refractivity contribution in [3.05, 3.63) is 24.4 Å². The Balaban J connectivity index is 2.09. The van der Waals surface area contributed by atoms with E-state index in [1.165, 1.54) is 0 Å². The van der Waals surface area contributed by atoms with Crippen LogP contribution in [0.2, 0.25) is 0 Å². The second-order valence-electron chi connectivity index (χ2n) is 2.81. The lowest BCUT2D eigenvalue weighted by molar-refractivity contribution is 0.372. The van der Waals surface area contributed by atoms with Crippen LogP contribution < -0.4 is 5.32 Å². The van der Waals surface area contributed by atoms with Crippen molar-refractivity contribution >= 4 is 0 Å². The van der Waals surface area contributed by atoms with Gasteiger partial charge in [-0.15, -0.1) is 6.58 Å². The molecule has 0 aliphatic carbocycles. The van der Waals surface area contributed by atoms with Gasteiger partial charge in [0, 0.05) is 13.0 Å². The molecule has 0 unspecified atom stereocenters. The standard InChI is InChI=1S/C9H15N3O/c1-3-4-6-10-7-5-9-11-8(2)12-13-9/h3,10H,1,4-7H2,2H3. The molecule has 1 N–H and O–H groups in total. The van der Waals surface area contributed by atoms with Crippen molar-refractivity contribution in [2.24, 2.45) is 0 Å². The van der Waals surface area contributed by atoms with Crippen LogP contribution in [0.4, 0.5) is 0 Å². The fourth-order valence-electron chi connectivity index (χ4n) is 0.966. The third-order valence-corrected chi connectivity index (χ3v) is 1.61. The van der Waals surface area contributed by atoms with Crippen LogP contribution in [0.15, 0.2) is 17.2 Å². The fraction of sp³-hybridized carbons (Fsp3) is 0.556. The first-order chi connectivity index (χ1) is 6.33. The minimum absolute atomic E-state index is 0.695. The molecule has 0 aromatic carbocycles. The summed E-state index contributed by atoms with van der Waals surface area (Å²) < 4.78 is 4.95. The van der Waals surface area contributed by atoms with Gasteiger partial charge in [0.15, 0.2) is 5.82 Å². The van der Waals surface area contributed by atoms with Gasteiger partial charge in [-0.05, 0) is 19.9 Å². The number of nitrogens with one attached hydrogen (secondary N) is 1. The van der Waals surface area contributed by atoms with Gasteiger partial charge in [0.1, 0.15) is 0 Å². The van der Waals surface area contributed by atoms with E-state index in [0.717, 1.165) is 25.9 Å². The van der Waals surface area contributed by atoms with Crippen molar-refractivity contribution in [3.63, 3.8) is 0 Å². The Bertz CT molecular complexity index is 257. The van der Waals surface area contributed by atoms with Crippen molar-refractivity contribution < 1.29 is 4.52 Å². The average molecular weight is 181 g/mol. The first-order valence-electron chi connectivity index (χ1n) is 4.43. The molecule has 0 fully saturated rings. The van der Waals surface area contributed by atoms with E-state index in [-0.39, 0.29) is 0 Å². The quantitative estimate of drug-likeness (QED) is 0.527. The van der Waals surface area contributed by atoms with Crippen LogP contribution in [0, 0.1) is 6.92 Å². The highest BCUT2D eigenvalue weighted by Gasteiger charge is 2.00. The summed E-state index contributed by atoms with van der Waals surface area (Å²) >= 11 is 0. The number of aromatic nitrogens is 2. The topological polar surface area (TPSA) is 51.0 Å². The van der Waals surface area contributed by atoms with Gasteiger partial charge in [-0.25, -0.2) is 0 Å². The first kappa shape index (κ1) is 9.92. The van der Waals surface area contributed by atoms with Crippen molar-refractivity contribution in [2.75, 3.05) is 13.1 Å². The zero-order chi connectivity index (χ0) is 9.52. The lowest BCUT2D eigenvalue weighted by Gasteiger charge is -1.98. The molecule has 1 aromatic heterocycles. The van der Waals surface area contributed by atoms with Crippen LogP contribution >= 0.6 is 0 Å². The Kier molecular flexibility index (Phi) is 4.18. The first-order valence-corrected chi connectivity index (χ1v) is 4.43. The van der Waals surface area contributed by atoms with Crippen LogP contribution in [0.25, 0.3) is 0 Å². The summed E-state index contributed by atoms with van der Waals surface area (Å²) in [5, 5.41) is 6.95. The van der Waals surface area contributed by atoms with Gasteiger partial charge in [0.2, 0.25) is 5.89 Å². The zero-order valence-corrected chi connectivity index (χ0v) is 7.92. The Morgan fingerprint density at radius 3 is 3.00 bits per heavy atom. The van der Waals surface area contributed by atoms with E-state index in [0.29, 0.717) is 11.7 Å². The van der Waals surface area contributed by atoms with Gasteiger partial charge in [-0.3, -0.25) is 0 Å². The Morgan fingerprint density at radius 1 is 1.54 bits per heavy atom. The molecule has 0 saturated heterocycles. The van der Waals surface area contributed by atoms with E-state index in [1.807, 2.05) is 13.0 Å². The predicted octanol–water partition coefficient (Wildman–Crippen LogP) is 1.09. The van der Waals surface area contributed by atoms with E-state index >= 15 is 0 Å². The van der Waals surface area contributed by atoms with Crippen LogP contribution in [0.1, 0.15) is 18.1 Å². The predicted molar refractivity (Wildman–Crippen MR) is 50.4 cm³/mol. The van der Waals surface area contributed by atoms with Crippen molar-refractivity contribution in [1.82, 2.24) is 15.5 Å². The van der Waals surface area contributed by atoms with E-state index < -0.39 is 0 Å². The smallest absolute Gasteiger partial charge is 0.227 e. The minimum atomic E-state index is 0.695. The molecule has 0 aliphatic rings. The summed E-state index contributed by atoms with van der Waals surface area (Å²) in [7, 11) is 0. The van der Waals surface area contributed by atoms with Gasteiger partial charge in [-0.1, -0.05) is 11.2 Å². The Morgan fingerprint density at radius 2 is 2.38 bits per heavy atom. The molecule has 0 atom stereocenters. The molecule has 0 saturated carbocycles. The monoisotopic (exact) mass is 181 g/mol. The lowest BCUT2D eigenvalue weighted by atomic mass is 10.4. The minimum Gasteiger partial charge on any atom is -0.339 e. The van der Waals surface area contributed by atoms with E-state index in [9.17, 15) is 0 Å². The van der Waals surface area contributed by atoms with Gasteiger partial charge in [0.05, 0.1) is 0 Å². The molecule has 13 heavy (non-hydrogen) atoms. The number of aryl methyl sites for hydroxylation is 1. The SMILES string of the molecule is C=CCCNCCc1nc(C)no1. The highest BCUT2D eigenvalue weighted by atomic mass is 16.5. The van der Waals surface area contributed by atoms with E-state index in [1.54, 1.807) is 0 Å². The molecule has 0 bridgehead atoms. The molecule has 0 radical (unpaired) electrons. The van der Waals surface area contributed by atoms with Gasteiger partial charge >= 0.3 is 0 Å². The van der Waals surface area contributed by atoms with Gasteiger partial charge in [0.25, 0.3) is 0 Å². The molecule has 1 rings (SSSR count). The number of rotatable bonds is 6. The second kappa shape index (κ2) is 5.48. The molecular formula is C9H15N3O. The maximum Gasteiger partial charge on any atom is 0.227 e. The third-order valence-electron chi connectivity index (χ3n) is 1.61. The molecule has 72 valence electrons. The summed E-state index contributed by atoms with van der Waals surface area (Å²) in [4.78, 5) is 4.09. The van der Waals surface area contributed by atoms with Gasteiger partial charge < -0.3 is 9.84 Å². The van der Waals surface area contributed by atoms with Crippen molar-refractivity contribution in [2.45, 2.75) is 19.8 Å². The highest BCUT2D eigenvalue weighted by molar-refractivity contribution is 4.83. The summed E-state index contributed by atoms with van der Waals surface area (Å²) in [5.41, 5.74) is 0. The van der Waals surface area contributed by atoms with E-state index in [4.69, 9.17) is 4.52 Å². The molecule has 0 amide bonds. The lowest BCUT2D eigenvalue weighted by Crippen LogP contribution is -2.18. The number of hydrogen-bond acceptors (Lipinski definition) is 4. The summed E-state index contributed by atoms with van der Waals surface area (Å²) in [6.07, 6.45) is 3.67. The Labute approximate surface area is 78.0 Å². The molecule has 4 heteroatoms. The third kappa shape index (κ3) is 3.85. The largest absolute Gasteiger partial charge is 0.339 e.